The molecule has 13 unspecified atom stereocenters. The monoisotopic (exact) mass is 920 g/mol. The molecule has 0 radical (unpaired) electrons. The summed E-state index contributed by atoms with van der Waals surface area (Å²) in [5.41, 5.74) is -0.809. The average molecular weight is 921 g/mol. The summed E-state index contributed by atoms with van der Waals surface area (Å²) in [7, 11) is 4.28. The van der Waals surface area contributed by atoms with Crippen LogP contribution in [0.5, 0.6) is 17.2 Å². The maximum atomic E-state index is 13.9. The van der Waals surface area contributed by atoms with Gasteiger partial charge >= 0.3 is 5.97 Å². The van der Waals surface area contributed by atoms with E-state index in [2.05, 4.69) is 26.8 Å². The molecule has 1 aromatic rings. The second-order valence-electron chi connectivity index (χ2n) is 20.3. The molecule has 6 aliphatic rings. The predicted molar refractivity (Wildman–Crippen MR) is 232 cm³/mol. The molecule has 8 N–H and O–H groups in total. The van der Waals surface area contributed by atoms with Gasteiger partial charge in [-0.3, -0.25) is 0 Å². The fourth-order valence-corrected chi connectivity index (χ4v) is 12.7. The van der Waals surface area contributed by atoms with Gasteiger partial charge in [-0.1, -0.05) is 44.6 Å². The minimum absolute atomic E-state index is 0.0295. The lowest BCUT2D eigenvalue weighted by molar-refractivity contribution is -0.324. The third-order valence-electron chi connectivity index (χ3n) is 15.9. The molecule has 0 amide bonds. The second kappa shape index (κ2) is 19.6. The van der Waals surface area contributed by atoms with E-state index in [9.17, 15) is 45.6 Å². The first kappa shape index (κ1) is 50.0. The predicted octanol–water partition coefficient (Wildman–Crippen LogP) is 2.40. The molecule has 17 nitrogen and oxygen atoms in total. The van der Waals surface area contributed by atoms with Crippen LogP contribution in [0.3, 0.4) is 0 Å². The van der Waals surface area contributed by atoms with E-state index in [1.54, 1.807) is 19.9 Å². The van der Waals surface area contributed by atoms with Crippen LogP contribution in [-0.2, 0) is 23.7 Å². The molecule has 5 fully saturated rings. The van der Waals surface area contributed by atoms with E-state index in [0.29, 0.717) is 19.3 Å². The van der Waals surface area contributed by atoms with E-state index in [4.69, 9.17) is 37.9 Å². The molecule has 3 saturated carbocycles. The molecular formula is C48H72O17. The molecule has 19 atom stereocenters. The van der Waals surface area contributed by atoms with Crippen molar-refractivity contribution in [3.8, 4) is 17.2 Å². The lowest BCUT2D eigenvalue weighted by Gasteiger charge is -2.60. The molecule has 0 bridgehead atoms. The normalized spacial score (nSPS) is 42.3. The number of methoxy groups -OCH3 is 3. The number of esters is 1. The summed E-state index contributed by atoms with van der Waals surface area (Å²) in [6.07, 6.45) is -4.40. The third kappa shape index (κ3) is 9.47. The summed E-state index contributed by atoms with van der Waals surface area (Å²) >= 11 is 0. The number of carbonyl (C=O) groups excluding carboxylic acids is 1. The molecule has 7 rings (SSSR count). The summed E-state index contributed by atoms with van der Waals surface area (Å²) < 4.78 is 47.8. The molecule has 17 heteroatoms. The lowest BCUT2D eigenvalue weighted by Crippen LogP contribution is -2.62. The van der Waals surface area contributed by atoms with Crippen LogP contribution in [0.2, 0.25) is 0 Å². The Kier molecular flexibility index (Phi) is 15.1. The number of benzene rings is 1. The van der Waals surface area contributed by atoms with Crippen molar-refractivity contribution in [2.75, 3.05) is 34.5 Å². The van der Waals surface area contributed by atoms with Crippen molar-refractivity contribution < 1.29 is 83.5 Å². The van der Waals surface area contributed by atoms with Gasteiger partial charge in [-0.25, -0.2) is 4.79 Å². The van der Waals surface area contributed by atoms with Crippen LogP contribution in [0.25, 0.3) is 0 Å². The van der Waals surface area contributed by atoms with Crippen molar-refractivity contribution in [3.05, 3.63) is 41.5 Å². The Labute approximate surface area is 381 Å². The number of rotatable bonds is 14. The van der Waals surface area contributed by atoms with Crippen LogP contribution in [0.4, 0.5) is 0 Å². The number of ether oxygens (including phenoxy) is 8. The summed E-state index contributed by atoms with van der Waals surface area (Å²) in [5.74, 6) is 0.0860. The number of aliphatic hydroxyl groups excluding tert-OH is 7. The number of hydrogen-bond donors (Lipinski definition) is 8. The number of hydrogen-bond acceptors (Lipinski definition) is 17. The van der Waals surface area contributed by atoms with Gasteiger partial charge in [-0.2, -0.15) is 0 Å². The molecule has 65 heavy (non-hydrogen) atoms. The fraction of sp³-hybridized carbons (Fsp3) is 0.771. The zero-order valence-electron chi connectivity index (χ0n) is 38.8. The Morgan fingerprint density at radius 2 is 1.62 bits per heavy atom. The van der Waals surface area contributed by atoms with Crippen molar-refractivity contribution in [1.29, 1.82) is 0 Å². The first-order valence-electron chi connectivity index (χ1n) is 23.1. The smallest absolute Gasteiger partial charge is 0.338 e. The van der Waals surface area contributed by atoms with Gasteiger partial charge in [-0.15, -0.1) is 0 Å². The maximum absolute atomic E-state index is 13.9. The number of carbonyl (C=O) groups is 1. The standard InChI is InChI=1S/C48H72O17/c1-23(10-9-14-46(2,3)57)36-31(62-45-42(37(52)30(51)22-61-45)65-43(56)24-16-32(58-6)41(60-8)33(17-24)59-7)20-29-27-12-11-25-18-26(50)19-35(48(25,5)28(27)13-15-47(29,36)4)64-44-40(55)39(54)38(53)34(21-49)63-44/h9,11,14,16-17,23,26-31,34-40,42,44-45,49-55,57H,10,12-13,15,18-22H2,1-8H3/b14-9+/t23-,26-,27?,28?,29?,30?,31+,34?,35?,36+,37?,38?,39?,40?,42?,44?,45?,47+,48+/m1/s1. The van der Waals surface area contributed by atoms with E-state index in [1.165, 1.54) is 33.5 Å². The first-order chi connectivity index (χ1) is 30.7. The summed E-state index contributed by atoms with van der Waals surface area (Å²) in [6.45, 7) is 9.22. The summed E-state index contributed by atoms with van der Waals surface area (Å²) in [5, 5.41) is 86.0. The van der Waals surface area contributed by atoms with Gasteiger partial charge in [-0.05, 0) is 99.5 Å². The summed E-state index contributed by atoms with van der Waals surface area (Å²) in [6, 6.07) is 2.86. The van der Waals surface area contributed by atoms with E-state index >= 15 is 0 Å². The number of aliphatic hydroxyl groups is 8. The Bertz CT molecular complexity index is 1860. The van der Waals surface area contributed by atoms with E-state index in [-0.39, 0.29) is 70.8 Å². The molecule has 2 heterocycles. The molecular weight excluding hydrogens is 849 g/mol. The Hall–Kier alpha value is -2.91. The SMILES string of the molecule is COc1cc(C(=O)OC2C(O[C@H]3CC4C5CC=C6C[C@@H](O)CC(OC7OC(CO)C(O)C(O)C7O)[C@]6(C)C5CC[C@]4(C)[C@H]3[C@H](C)C/C=C/C(C)(C)O)OCC(O)C2O)cc(OC)c1OC. The van der Waals surface area contributed by atoms with Gasteiger partial charge in [0.15, 0.2) is 30.2 Å². The van der Waals surface area contributed by atoms with Crippen LogP contribution in [0.1, 0.15) is 89.9 Å². The largest absolute Gasteiger partial charge is 0.493 e. The van der Waals surface area contributed by atoms with Crippen LogP contribution in [0, 0.1) is 40.4 Å². The van der Waals surface area contributed by atoms with Crippen molar-refractivity contribution in [3.63, 3.8) is 0 Å². The highest BCUT2D eigenvalue weighted by Crippen LogP contribution is 2.68. The van der Waals surface area contributed by atoms with Crippen molar-refractivity contribution in [2.45, 2.75) is 159 Å². The van der Waals surface area contributed by atoms with E-state index in [1.807, 2.05) is 6.08 Å². The first-order valence-corrected chi connectivity index (χ1v) is 23.1. The molecule has 366 valence electrons. The van der Waals surface area contributed by atoms with Crippen LogP contribution >= 0.6 is 0 Å². The topological polar surface area (TPSA) is 253 Å². The van der Waals surface area contributed by atoms with Gasteiger partial charge in [0.1, 0.15) is 36.6 Å². The molecule has 1 aromatic carbocycles. The highest BCUT2D eigenvalue weighted by Gasteiger charge is 2.65. The quantitative estimate of drug-likeness (QED) is 0.0986. The van der Waals surface area contributed by atoms with E-state index in [0.717, 1.165) is 24.8 Å². The number of fused-ring (bicyclic) bond motifs is 5. The molecule has 0 spiro atoms. The Morgan fingerprint density at radius 3 is 2.25 bits per heavy atom. The van der Waals surface area contributed by atoms with Crippen LogP contribution < -0.4 is 14.2 Å². The van der Waals surface area contributed by atoms with Gasteiger partial charge in [0.05, 0.1) is 64.0 Å². The van der Waals surface area contributed by atoms with Crippen molar-refractivity contribution in [2.24, 2.45) is 40.4 Å². The average Bonchev–Trinajstić information content (AvgIpc) is 3.57. The van der Waals surface area contributed by atoms with Gasteiger partial charge in [0.2, 0.25) is 5.75 Å². The fourth-order valence-electron chi connectivity index (χ4n) is 12.7. The summed E-state index contributed by atoms with van der Waals surface area (Å²) in [4.78, 5) is 13.9. The lowest BCUT2D eigenvalue weighted by atomic mass is 9.46. The highest BCUT2D eigenvalue weighted by atomic mass is 16.7. The number of allylic oxidation sites excluding steroid dienone is 2. The minimum atomic E-state index is -1.61. The molecule has 4 aliphatic carbocycles. The Balaban J connectivity index is 1.19. The zero-order chi connectivity index (χ0) is 47.3. The zero-order valence-corrected chi connectivity index (χ0v) is 38.8. The van der Waals surface area contributed by atoms with Crippen molar-refractivity contribution in [1.82, 2.24) is 0 Å². The third-order valence-corrected chi connectivity index (χ3v) is 15.9. The molecule has 2 aliphatic heterocycles. The Morgan fingerprint density at radius 1 is 0.923 bits per heavy atom. The minimum Gasteiger partial charge on any atom is -0.493 e. The van der Waals surface area contributed by atoms with Gasteiger partial charge in [0, 0.05) is 11.8 Å². The highest BCUT2D eigenvalue weighted by molar-refractivity contribution is 5.91. The van der Waals surface area contributed by atoms with Crippen LogP contribution in [-0.4, -0.2) is 161 Å². The molecule has 0 aromatic heterocycles. The van der Waals surface area contributed by atoms with Gasteiger partial charge < -0.3 is 78.7 Å². The maximum Gasteiger partial charge on any atom is 0.338 e. The van der Waals surface area contributed by atoms with Gasteiger partial charge in [0.25, 0.3) is 0 Å². The van der Waals surface area contributed by atoms with Crippen molar-refractivity contribution >= 4 is 5.97 Å². The van der Waals surface area contributed by atoms with Crippen LogP contribution in [0.15, 0.2) is 35.9 Å². The molecule has 2 saturated heterocycles. The second-order valence-corrected chi connectivity index (χ2v) is 20.3. The van der Waals surface area contributed by atoms with E-state index < -0.39 is 97.2 Å².